The molecule has 0 unspecified atom stereocenters. The van der Waals surface area contributed by atoms with E-state index in [2.05, 4.69) is 29.0 Å². The highest BCUT2D eigenvalue weighted by Gasteiger charge is 2.12. The van der Waals surface area contributed by atoms with Crippen LogP contribution in [0.25, 0.3) is 6.08 Å². The monoisotopic (exact) mass is 344 g/mol. The van der Waals surface area contributed by atoms with Crippen LogP contribution in [0.5, 0.6) is 0 Å². The van der Waals surface area contributed by atoms with Crippen molar-refractivity contribution in [2.45, 2.75) is 47.6 Å². The summed E-state index contributed by atoms with van der Waals surface area (Å²) in [7, 11) is 0. The average molecular weight is 344 g/mol. The summed E-state index contributed by atoms with van der Waals surface area (Å²) in [4.78, 5) is 22.9. The first-order chi connectivity index (χ1) is 11.8. The number of rotatable bonds is 8. The second-order valence-electron chi connectivity index (χ2n) is 6.57. The number of aromatic nitrogens is 1. The third-order valence-corrected chi connectivity index (χ3v) is 3.99. The van der Waals surface area contributed by atoms with E-state index in [-0.39, 0.29) is 18.0 Å². The molecule has 0 atom stereocenters. The number of nitrogens with one attached hydrogen (secondary N) is 2. The molecule has 0 aliphatic carbocycles. The molecule has 0 aliphatic rings. The minimum absolute atomic E-state index is 0.0620. The van der Waals surface area contributed by atoms with Crippen molar-refractivity contribution in [2.75, 3.05) is 13.1 Å². The van der Waals surface area contributed by atoms with Gasteiger partial charge in [-0.25, -0.2) is 0 Å². The van der Waals surface area contributed by atoms with Crippen LogP contribution in [0.15, 0.2) is 11.6 Å². The Morgan fingerprint density at radius 1 is 1.28 bits per heavy atom. The quantitative estimate of drug-likeness (QED) is 0.431. The largest absolute Gasteiger partial charge is 0.355 e. The topological polar surface area (TPSA) is 86.9 Å². The molecule has 0 fully saturated rings. The summed E-state index contributed by atoms with van der Waals surface area (Å²) in [6.45, 7) is 11.4. The van der Waals surface area contributed by atoms with Crippen molar-refractivity contribution in [3.05, 3.63) is 28.6 Å². The van der Waals surface area contributed by atoms with Crippen molar-refractivity contribution < 1.29 is 9.59 Å². The molecular weight excluding hydrogens is 316 g/mol. The van der Waals surface area contributed by atoms with Crippen molar-refractivity contribution >= 4 is 17.9 Å². The summed E-state index contributed by atoms with van der Waals surface area (Å²) < 4.78 is 2.22. The van der Waals surface area contributed by atoms with Crippen LogP contribution in [0.4, 0.5) is 0 Å². The number of aryl methyl sites for hydroxylation is 1. The molecule has 0 radical (unpaired) electrons. The van der Waals surface area contributed by atoms with Crippen molar-refractivity contribution in [1.82, 2.24) is 15.2 Å². The van der Waals surface area contributed by atoms with Gasteiger partial charge in [-0.15, -0.1) is 0 Å². The molecule has 0 aromatic carbocycles. The van der Waals surface area contributed by atoms with E-state index < -0.39 is 5.91 Å². The third kappa shape index (κ3) is 6.46. The molecule has 1 heterocycles. The van der Waals surface area contributed by atoms with Gasteiger partial charge in [0.1, 0.15) is 11.6 Å². The van der Waals surface area contributed by atoms with Crippen LogP contribution in [0.3, 0.4) is 0 Å². The Balaban J connectivity index is 2.84. The van der Waals surface area contributed by atoms with Crippen LogP contribution in [0.1, 0.15) is 44.1 Å². The summed E-state index contributed by atoms with van der Waals surface area (Å²) in [6, 6.07) is 3.96. The molecule has 0 spiro atoms. The Morgan fingerprint density at radius 3 is 2.48 bits per heavy atom. The fraction of sp³-hybridized carbons (Fsp3) is 0.526. The Hall–Kier alpha value is -2.55. The first-order valence-electron chi connectivity index (χ1n) is 8.57. The number of carbonyl (C=O) groups excluding carboxylic acids is 2. The smallest absolute Gasteiger partial charge is 0.262 e. The average Bonchev–Trinajstić information content (AvgIpc) is 2.80. The standard InChI is InChI=1S/C19H28N4O2/c1-13(2)6-9-23-14(3)10-17(15(23)4)11-18(12-20)19(25)22-8-7-21-16(5)24/h10-11,13H,6-9H2,1-5H3,(H,21,24)(H,22,25). The van der Waals surface area contributed by atoms with Gasteiger partial charge < -0.3 is 15.2 Å². The lowest BCUT2D eigenvalue weighted by molar-refractivity contribution is -0.120. The van der Waals surface area contributed by atoms with Crippen molar-refractivity contribution in [1.29, 1.82) is 5.26 Å². The van der Waals surface area contributed by atoms with Gasteiger partial charge >= 0.3 is 0 Å². The first kappa shape index (κ1) is 20.5. The molecule has 0 saturated carbocycles. The van der Waals surface area contributed by atoms with Gasteiger partial charge in [-0.3, -0.25) is 9.59 Å². The number of hydrogen-bond donors (Lipinski definition) is 2. The third-order valence-electron chi connectivity index (χ3n) is 3.99. The minimum atomic E-state index is -0.431. The molecule has 2 amide bonds. The lowest BCUT2D eigenvalue weighted by Gasteiger charge is -2.11. The lowest BCUT2D eigenvalue weighted by atomic mass is 10.1. The fourth-order valence-corrected chi connectivity index (χ4v) is 2.52. The summed E-state index contributed by atoms with van der Waals surface area (Å²) in [6.07, 6.45) is 2.70. The highest BCUT2D eigenvalue weighted by Crippen LogP contribution is 2.19. The summed E-state index contributed by atoms with van der Waals surface area (Å²) in [5.41, 5.74) is 3.12. The van der Waals surface area contributed by atoms with Gasteiger partial charge in [0.15, 0.2) is 0 Å². The molecule has 2 N–H and O–H groups in total. The van der Waals surface area contributed by atoms with E-state index in [1.54, 1.807) is 6.08 Å². The number of amides is 2. The second-order valence-corrected chi connectivity index (χ2v) is 6.57. The predicted octanol–water partition coefficient (Wildman–Crippen LogP) is 2.31. The van der Waals surface area contributed by atoms with E-state index in [1.807, 2.05) is 26.0 Å². The first-order valence-corrected chi connectivity index (χ1v) is 8.57. The zero-order chi connectivity index (χ0) is 19.0. The number of nitrogens with zero attached hydrogens (tertiary/aromatic N) is 2. The maximum atomic E-state index is 12.1. The number of hydrogen-bond acceptors (Lipinski definition) is 3. The van der Waals surface area contributed by atoms with Gasteiger partial charge in [0, 0.05) is 37.9 Å². The van der Waals surface area contributed by atoms with Crippen molar-refractivity contribution in [2.24, 2.45) is 5.92 Å². The van der Waals surface area contributed by atoms with Crippen LogP contribution >= 0.6 is 0 Å². The Labute approximate surface area is 149 Å². The molecule has 136 valence electrons. The van der Waals surface area contributed by atoms with Gasteiger partial charge in [0.25, 0.3) is 5.91 Å². The summed E-state index contributed by atoms with van der Waals surface area (Å²) in [5, 5.41) is 14.5. The van der Waals surface area contributed by atoms with Crippen LogP contribution in [0, 0.1) is 31.1 Å². The van der Waals surface area contributed by atoms with E-state index in [0.717, 1.165) is 29.9 Å². The SMILES string of the molecule is CC(=O)NCCNC(=O)C(C#N)=Cc1cc(C)n(CCC(C)C)c1C. The lowest BCUT2D eigenvalue weighted by Crippen LogP contribution is -2.34. The zero-order valence-electron chi connectivity index (χ0n) is 15.8. The summed E-state index contributed by atoms with van der Waals surface area (Å²) in [5.74, 6) is 0.0308. The van der Waals surface area contributed by atoms with Gasteiger partial charge in [-0.05, 0) is 43.9 Å². The highest BCUT2D eigenvalue weighted by molar-refractivity contribution is 6.01. The van der Waals surface area contributed by atoms with E-state index in [4.69, 9.17) is 0 Å². The van der Waals surface area contributed by atoms with E-state index in [1.165, 1.54) is 6.92 Å². The molecule has 1 rings (SSSR count). The van der Waals surface area contributed by atoms with Gasteiger partial charge in [-0.2, -0.15) is 5.26 Å². The van der Waals surface area contributed by atoms with Crippen molar-refractivity contribution in [3.8, 4) is 6.07 Å². The minimum Gasteiger partial charge on any atom is -0.355 e. The van der Waals surface area contributed by atoms with Crippen LogP contribution in [-0.2, 0) is 16.1 Å². The van der Waals surface area contributed by atoms with Gasteiger partial charge in [-0.1, -0.05) is 13.8 Å². The van der Waals surface area contributed by atoms with E-state index in [9.17, 15) is 14.9 Å². The zero-order valence-corrected chi connectivity index (χ0v) is 15.8. The van der Waals surface area contributed by atoms with Gasteiger partial charge in [0.05, 0.1) is 0 Å². The second kappa shape index (κ2) is 9.67. The molecular formula is C19H28N4O2. The Kier molecular flexibility index (Phi) is 7.93. The molecule has 25 heavy (non-hydrogen) atoms. The van der Waals surface area contributed by atoms with E-state index in [0.29, 0.717) is 12.5 Å². The molecule has 6 heteroatoms. The van der Waals surface area contributed by atoms with Gasteiger partial charge in [0.2, 0.25) is 5.91 Å². The Bertz CT molecular complexity index is 693. The number of carbonyl (C=O) groups is 2. The fourth-order valence-electron chi connectivity index (χ4n) is 2.52. The van der Waals surface area contributed by atoms with E-state index >= 15 is 0 Å². The molecule has 1 aromatic rings. The summed E-state index contributed by atoms with van der Waals surface area (Å²) >= 11 is 0. The normalized spacial score (nSPS) is 11.3. The predicted molar refractivity (Wildman–Crippen MR) is 98.6 cm³/mol. The Morgan fingerprint density at radius 2 is 1.92 bits per heavy atom. The molecule has 0 saturated heterocycles. The van der Waals surface area contributed by atoms with Crippen LogP contribution in [-0.4, -0.2) is 29.5 Å². The molecule has 0 aliphatic heterocycles. The highest BCUT2D eigenvalue weighted by atomic mass is 16.2. The maximum Gasteiger partial charge on any atom is 0.262 e. The number of nitriles is 1. The van der Waals surface area contributed by atoms with Crippen molar-refractivity contribution in [3.63, 3.8) is 0 Å². The molecule has 6 nitrogen and oxygen atoms in total. The van der Waals surface area contributed by atoms with Crippen LogP contribution in [0.2, 0.25) is 0 Å². The molecule has 1 aromatic heterocycles. The van der Waals surface area contributed by atoms with Crippen LogP contribution < -0.4 is 10.6 Å². The maximum absolute atomic E-state index is 12.1. The molecule has 0 bridgehead atoms.